The summed E-state index contributed by atoms with van der Waals surface area (Å²) in [5.74, 6) is -2.10. The van der Waals surface area contributed by atoms with Crippen LogP contribution < -0.4 is 0 Å². The Morgan fingerprint density at radius 3 is 1.70 bits per heavy atom. The molecule has 432 valence electrons. The van der Waals surface area contributed by atoms with E-state index in [0.29, 0.717) is 51.7 Å². The number of ketones is 1. The summed E-state index contributed by atoms with van der Waals surface area (Å²) in [5.41, 5.74) is 11.5. The first-order valence-corrected chi connectivity index (χ1v) is 29.2. The van der Waals surface area contributed by atoms with Crippen LogP contribution >= 0.6 is 7.60 Å². The molecule has 4 aliphatic rings. The van der Waals surface area contributed by atoms with E-state index < -0.39 is 36.6 Å². The van der Waals surface area contributed by atoms with E-state index in [1.807, 2.05) is 90.9 Å². The van der Waals surface area contributed by atoms with Crippen LogP contribution in [0.15, 0.2) is 90.3 Å². The molecule has 16 heteroatoms. The third kappa shape index (κ3) is 13.9. The highest BCUT2D eigenvalue weighted by molar-refractivity contribution is 7.59. The highest BCUT2D eigenvalue weighted by Gasteiger charge is 2.35. The Kier molecular flexibility index (Phi) is 19.5. The van der Waals surface area contributed by atoms with Crippen LogP contribution in [0.5, 0.6) is 0 Å². The third-order valence-corrected chi connectivity index (χ3v) is 17.1. The average molecular weight is 1130 g/mol. The van der Waals surface area contributed by atoms with Gasteiger partial charge in [0.25, 0.3) is 0 Å². The standard InChI is InChI=1S/C31H34FNO4.C28H31FO3.C6H11O5P/c1-18-24-16-21(32)12-14-22(24)28-27(19-9-7-6-8-10-19)23-13-11-20(29(34)37-31(2,3)4)15-26(23)33(28)17-25(18)30(35)36-5;1-17(30)24-16-21(29)11-13-23(24)25-15-20-14-19(27(31)32-28(2,3)4)10-12-22(20)26(25)18-8-6-5-7-9-18;1-5(6(7)9-2)12(8,10-3)11-4/h11-16,19H,6-10,17H2,1-5H3;10-14,16,18H,5-9,15H2,1-4H3;1H2,2-4H3. The van der Waals surface area contributed by atoms with Gasteiger partial charge in [-0.15, -0.1) is 0 Å². The van der Waals surface area contributed by atoms with Crippen molar-refractivity contribution >= 4 is 64.9 Å². The molecule has 4 aromatic carbocycles. The van der Waals surface area contributed by atoms with Gasteiger partial charge in [-0.25, -0.2) is 28.0 Å². The second-order valence-corrected chi connectivity index (χ2v) is 25.3. The molecule has 0 amide bonds. The molecule has 2 saturated carbocycles. The monoisotopic (exact) mass is 1130 g/mol. The van der Waals surface area contributed by atoms with Gasteiger partial charge in [0, 0.05) is 36.2 Å². The number of aromatic nitrogens is 1. The van der Waals surface area contributed by atoms with E-state index in [9.17, 15) is 37.3 Å². The maximum Gasteiger partial charge on any atom is 0.367 e. The zero-order valence-corrected chi connectivity index (χ0v) is 49.7. The number of halogens is 2. The molecule has 81 heavy (non-hydrogen) atoms. The Balaban J connectivity index is 0.000000196. The number of carbonyl (C=O) groups is 5. The molecule has 2 heterocycles. The number of nitrogens with zero attached hydrogens (tertiary/aromatic N) is 1. The van der Waals surface area contributed by atoms with Crippen molar-refractivity contribution in [3.05, 3.63) is 146 Å². The molecule has 13 nitrogen and oxygen atoms in total. The van der Waals surface area contributed by atoms with E-state index in [2.05, 4.69) is 24.9 Å². The van der Waals surface area contributed by atoms with E-state index in [1.54, 1.807) is 6.07 Å². The summed E-state index contributed by atoms with van der Waals surface area (Å²) in [6.45, 7) is 18.0. The van der Waals surface area contributed by atoms with Gasteiger partial charge in [-0.3, -0.25) is 9.36 Å². The van der Waals surface area contributed by atoms with Gasteiger partial charge in [0.2, 0.25) is 0 Å². The summed E-state index contributed by atoms with van der Waals surface area (Å²) in [5, 5.41) is 0.753. The van der Waals surface area contributed by atoms with Crippen molar-refractivity contribution in [2.24, 2.45) is 5.92 Å². The Hall–Kier alpha value is -6.80. The summed E-state index contributed by atoms with van der Waals surface area (Å²) in [6, 6.07) is 20.8. The summed E-state index contributed by atoms with van der Waals surface area (Å²) in [4.78, 5) is 61.8. The highest BCUT2D eigenvalue weighted by Crippen LogP contribution is 2.54. The van der Waals surface area contributed by atoms with Crippen LogP contribution in [0.3, 0.4) is 0 Å². The lowest BCUT2D eigenvalue weighted by molar-refractivity contribution is -0.136. The topological polar surface area (TPSA) is 163 Å². The molecule has 1 aromatic heterocycles. The molecule has 0 bridgehead atoms. The van der Waals surface area contributed by atoms with Crippen LogP contribution in [0, 0.1) is 17.6 Å². The normalized spacial score (nSPS) is 15.7. The Morgan fingerprint density at radius 1 is 0.630 bits per heavy atom. The first-order chi connectivity index (χ1) is 38.2. The maximum absolute atomic E-state index is 14.5. The first-order valence-electron chi connectivity index (χ1n) is 27.6. The fourth-order valence-corrected chi connectivity index (χ4v) is 12.4. The molecular weight excluding hydrogens is 1060 g/mol. The summed E-state index contributed by atoms with van der Waals surface area (Å²) in [7, 11) is 1.34. The molecule has 0 spiro atoms. The van der Waals surface area contributed by atoms with E-state index in [4.69, 9.17) is 14.2 Å². The predicted octanol–water partition coefficient (Wildman–Crippen LogP) is 15.6. The lowest BCUT2D eigenvalue weighted by Gasteiger charge is -2.26. The number of hydrogen-bond donors (Lipinski definition) is 0. The number of rotatable bonds is 11. The van der Waals surface area contributed by atoms with Crippen molar-refractivity contribution in [1.82, 2.24) is 4.57 Å². The minimum atomic E-state index is -3.51. The first kappa shape index (κ1) is 61.8. The minimum absolute atomic E-state index is 0.139. The van der Waals surface area contributed by atoms with Gasteiger partial charge in [-0.1, -0.05) is 63.3 Å². The van der Waals surface area contributed by atoms with Gasteiger partial charge in [-0.2, -0.15) is 0 Å². The SMILES string of the molecule is C=C(C(=O)OC)P(=O)(OC)OC.CC(=O)c1cc(F)ccc1C1=C(C2CCCCC2)c2ccc(C(=O)OC(C)(C)C)cc2C1.COC(=O)C1=C(C)c2cc(F)ccc2-c2c(C3CCCCC3)c3ccc(C(=O)OC(C)(C)C)cc3n2C1. The molecule has 5 aromatic rings. The largest absolute Gasteiger partial charge is 0.466 e. The molecular formula is C65H76F2NO12P. The van der Waals surface area contributed by atoms with Crippen molar-refractivity contribution in [2.45, 2.75) is 150 Å². The molecule has 0 N–H and O–H groups in total. The number of benzene rings is 4. The zero-order chi connectivity index (χ0) is 59.3. The zero-order valence-electron chi connectivity index (χ0n) is 48.8. The lowest BCUT2D eigenvalue weighted by Crippen LogP contribution is -2.24. The smallest absolute Gasteiger partial charge is 0.367 e. The number of esters is 4. The average Bonchev–Trinajstić information content (AvgIpc) is 4.20. The van der Waals surface area contributed by atoms with E-state index in [-0.39, 0.29) is 35.4 Å². The van der Waals surface area contributed by atoms with E-state index in [1.165, 1.54) is 89.3 Å². The second-order valence-electron chi connectivity index (χ2n) is 23.0. The minimum Gasteiger partial charge on any atom is -0.466 e. The number of fused-ring (bicyclic) bond motifs is 6. The molecule has 0 unspecified atom stereocenters. The summed E-state index contributed by atoms with van der Waals surface area (Å²) >= 11 is 0. The van der Waals surface area contributed by atoms with Crippen LogP contribution in [0.4, 0.5) is 8.78 Å². The molecule has 2 fully saturated rings. The lowest BCUT2D eigenvalue weighted by atomic mass is 9.79. The van der Waals surface area contributed by atoms with Crippen molar-refractivity contribution < 1.29 is 65.3 Å². The van der Waals surface area contributed by atoms with Crippen molar-refractivity contribution in [3.8, 4) is 11.3 Å². The number of carbonyl (C=O) groups excluding carboxylic acids is 5. The molecule has 0 atom stereocenters. The number of ether oxygens (including phenoxy) is 4. The number of Topliss-reactive ketones (excluding diaryl/α,β-unsaturated/α-hetero) is 1. The fraction of sp³-hybridized carbons (Fsp3) is 0.431. The number of methoxy groups -OCH3 is 2. The van der Waals surface area contributed by atoms with Crippen LogP contribution in [-0.2, 0) is 55.1 Å². The van der Waals surface area contributed by atoms with E-state index in [0.717, 1.165) is 90.1 Å². The van der Waals surface area contributed by atoms with Gasteiger partial charge in [-0.05, 0) is 198 Å². The molecule has 9 rings (SSSR count). The van der Waals surface area contributed by atoms with Gasteiger partial charge in [0.15, 0.2) is 5.78 Å². The summed E-state index contributed by atoms with van der Waals surface area (Å²) < 4.78 is 71.7. The maximum atomic E-state index is 14.5. The quantitative estimate of drug-likeness (QED) is 0.0405. The van der Waals surface area contributed by atoms with Crippen molar-refractivity contribution in [1.29, 1.82) is 0 Å². The Bertz CT molecular complexity index is 3390. The Labute approximate surface area is 474 Å². The fourth-order valence-electron chi connectivity index (χ4n) is 11.5. The van der Waals surface area contributed by atoms with Gasteiger partial charge < -0.3 is 32.6 Å². The van der Waals surface area contributed by atoms with Gasteiger partial charge in [0.05, 0.1) is 43.2 Å². The third-order valence-electron chi connectivity index (χ3n) is 15.2. The second kappa shape index (κ2) is 25.6. The Morgan fingerprint density at radius 2 is 1.16 bits per heavy atom. The van der Waals surface area contributed by atoms with Gasteiger partial charge >= 0.3 is 31.5 Å². The van der Waals surface area contributed by atoms with Crippen LogP contribution in [0.25, 0.3) is 38.9 Å². The van der Waals surface area contributed by atoms with Crippen LogP contribution in [-0.4, -0.2) is 73.9 Å². The van der Waals surface area contributed by atoms with Crippen molar-refractivity contribution in [2.75, 3.05) is 28.4 Å². The molecule has 0 radical (unpaired) electrons. The van der Waals surface area contributed by atoms with Crippen LogP contribution in [0.2, 0.25) is 0 Å². The van der Waals surface area contributed by atoms with Crippen LogP contribution in [0.1, 0.15) is 184 Å². The van der Waals surface area contributed by atoms with Gasteiger partial charge in [0.1, 0.15) is 28.2 Å². The number of allylic oxidation sites excluding steroid dienone is 3. The predicted molar refractivity (Wildman–Crippen MR) is 311 cm³/mol. The van der Waals surface area contributed by atoms with Crippen molar-refractivity contribution in [3.63, 3.8) is 0 Å². The summed E-state index contributed by atoms with van der Waals surface area (Å²) in [6.07, 6.45) is 12.2. The molecule has 3 aliphatic carbocycles. The molecule has 1 aliphatic heterocycles. The van der Waals surface area contributed by atoms with E-state index >= 15 is 0 Å². The highest BCUT2D eigenvalue weighted by atomic mass is 31.2. The molecule has 0 saturated heterocycles. The number of hydrogen-bond acceptors (Lipinski definition) is 12.